The minimum atomic E-state index is -0.217. The Bertz CT molecular complexity index is 998. The Labute approximate surface area is 143 Å². The molecule has 0 saturated heterocycles. The van der Waals surface area contributed by atoms with Crippen LogP contribution in [0.5, 0.6) is 0 Å². The smallest absolute Gasteiger partial charge is 0.283 e. The zero-order chi connectivity index (χ0) is 17.3. The van der Waals surface area contributed by atoms with Gasteiger partial charge in [0.15, 0.2) is 5.52 Å². The molecule has 0 bridgehead atoms. The maximum atomic E-state index is 12.8. The van der Waals surface area contributed by atoms with Gasteiger partial charge in [-0.25, -0.2) is 4.98 Å². The van der Waals surface area contributed by atoms with E-state index in [2.05, 4.69) is 10.3 Å². The minimum Gasteiger partial charge on any atom is -0.393 e. The predicted octanol–water partition coefficient (Wildman–Crippen LogP) is 2.59. The van der Waals surface area contributed by atoms with Crippen LogP contribution in [-0.2, 0) is 7.05 Å². The van der Waals surface area contributed by atoms with E-state index in [1.54, 1.807) is 54.6 Å². The highest BCUT2D eigenvalue weighted by molar-refractivity contribution is 6.30. The van der Waals surface area contributed by atoms with Crippen molar-refractivity contribution in [2.45, 2.75) is 0 Å². The van der Waals surface area contributed by atoms with Crippen molar-refractivity contribution in [2.24, 2.45) is 7.05 Å². The lowest BCUT2D eigenvalue weighted by Crippen LogP contribution is -2.20. The molecule has 2 aromatic heterocycles. The Morgan fingerprint density at radius 3 is 2.67 bits per heavy atom. The lowest BCUT2D eigenvalue weighted by molar-refractivity contribution is 0.942. The fourth-order valence-corrected chi connectivity index (χ4v) is 2.75. The van der Waals surface area contributed by atoms with Crippen LogP contribution < -0.4 is 10.9 Å². The number of rotatable bonds is 4. The third kappa shape index (κ3) is 2.61. The molecule has 7 heteroatoms. The Morgan fingerprint density at radius 2 is 2.04 bits per heavy atom. The average Bonchev–Trinajstić information content (AvgIpc) is 2.97. The second-order valence-electron chi connectivity index (χ2n) is 5.28. The molecule has 0 aliphatic carbocycles. The number of halogens is 1. The van der Waals surface area contributed by atoms with Gasteiger partial charge in [0, 0.05) is 54.6 Å². The van der Waals surface area contributed by atoms with E-state index in [9.17, 15) is 4.79 Å². The first-order valence-corrected chi connectivity index (χ1v) is 7.65. The highest BCUT2D eigenvalue weighted by Crippen LogP contribution is 2.22. The van der Waals surface area contributed by atoms with Crippen molar-refractivity contribution in [3.8, 4) is 5.69 Å². The maximum absolute atomic E-state index is 12.8. The molecule has 122 valence electrons. The number of nitrogens with zero attached hydrogens (tertiary/aromatic N) is 3. The molecule has 1 aromatic carbocycles. The van der Waals surface area contributed by atoms with Crippen LogP contribution in [0.25, 0.3) is 22.3 Å². The topological polar surface area (TPSA) is 75.7 Å². The molecule has 24 heavy (non-hydrogen) atoms. The second kappa shape index (κ2) is 6.33. The van der Waals surface area contributed by atoms with E-state index < -0.39 is 0 Å². The molecule has 6 nitrogen and oxygen atoms in total. The van der Waals surface area contributed by atoms with Crippen LogP contribution >= 0.6 is 11.6 Å². The van der Waals surface area contributed by atoms with Crippen LogP contribution in [0.4, 0.5) is 0 Å². The van der Waals surface area contributed by atoms with Crippen LogP contribution in [0, 0.1) is 5.41 Å². The molecule has 0 spiro atoms. The summed E-state index contributed by atoms with van der Waals surface area (Å²) >= 11 is 5.93. The molecule has 0 aliphatic rings. The lowest BCUT2D eigenvalue weighted by atomic mass is 10.1. The van der Waals surface area contributed by atoms with Crippen molar-refractivity contribution in [3.05, 3.63) is 63.9 Å². The molecule has 0 atom stereocenters. The molecular weight excluding hydrogens is 326 g/mol. The highest BCUT2D eigenvalue weighted by atomic mass is 35.5. The molecular formula is C17H16ClN5O. The van der Waals surface area contributed by atoms with Gasteiger partial charge in [0.05, 0.1) is 11.8 Å². The number of nitrogens with one attached hydrogen (secondary N) is 2. The van der Waals surface area contributed by atoms with Crippen molar-refractivity contribution in [1.29, 1.82) is 5.41 Å². The third-order valence-corrected chi connectivity index (χ3v) is 3.99. The fraction of sp³-hybridized carbons (Fsp3) is 0.118. The molecule has 2 heterocycles. The molecule has 0 fully saturated rings. The van der Waals surface area contributed by atoms with Crippen molar-refractivity contribution in [3.63, 3.8) is 0 Å². The molecule has 0 radical (unpaired) electrons. The van der Waals surface area contributed by atoms with Gasteiger partial charge in [-0.3, -0.25) is 9.36 Å². The first-order chi connectivity index (χ1) is 11.6. The van der Waals surface area contributed by atoms with Gasteiger partial charge in [-0.1, -0.05) is 11.6 Å². The summed E-state index contributed by atoms with van der Waals surface area (Å²) in [6, 6.07) is 7.00. The summed E-state index contributed by atoms with van der Waals surface area (Å²) in [6.07, 6.45) is 6.28. The molecule has 0 unspecified atom stereocenters. The number of benzene rings is 1. The van der Waals surface area contributed by atoms with E-state index in [0.29, 0.717) is 27.3 Å². The first-order valence-electron chi connectivity index (χ1n) is 7.27. The number of pyridine rings is 1. The fourth-order valence-electron chi connectivity index (χ4n) is 2.62. The van der Waals surface area contributed by atoms with Gasteiger partial charge in [0.25, 0.3) is 5.56 Å². The van der Waals surface area contributed by atoms with Gasteiger partial charge in [0.1, 0.15) is 0 Å². The van der Waals surface area contributed by atoms with E-state index in [-0.39, 0.29) is 5.56 Å². The third-order valence-electron chi connectivity index (χ3n) is 3.74. The highest BCUT2D eigenvalue weighted by Gasteiger charge is 2.16. The normalized spacial score (nSPS) is 11.7. The van der Waals surface area contributed by atoms with Gasteiger partial charge >= 0.3 is 0 Å². The number of fused-ring (bicyclic) bond motifs is 1. The molecule has 3 aromatic rings. The van der Waals surface area contributed by atoms with E-state index in [1.807, 2.05) is 7.05 Å². The van der Waals surface area contributed by atoms with E-state index in [0.717, 1.165) is 5.56 Å². The molecule has 0 aliphatic heterocycles. The number of allylic oxidation sites excluding steroid dienone is 1. The number of hydrogen-bond acceptors (Lipinski definition) is 4. The van der Waals surface area contributed by atoms with E-state index in [1.165, 1.54) is 10.8 Å². The summed E-state index contributed by atoms with van der Waals surface area (Å²) in [5, 5.41) is 11.2. The summed E-state index contributed by atoms with van der Waals surface area (Å²) in [5.41, 5.74) is 2.90. The van der Waals surface area contributed by atoms with Gasteiger partial charge in [-0.15, -0.1) is 0 Å². The Balaban J connectivity index is 2.38. The molecule has 3 rings (SSSR count). The van der Waals surface area contributed by atoms with Crippen molar-refractivity contribution in [2.75, 3.05) is 7.05 Å². The summed E-state index contributed by atoms with van der Waals surface area (Å²) in [5.74, 6) is 0. The van der Waals surface area contributed by atoms with Gasteiger partial charge in [-0.2, -0.15) is 0 Å². The standard InChI is InChI=1S/C17H16ClN5O/c1-20-8-11(7-19)14-9-23(13-5-3-12(18)4-6-13)17(24)15-16(14)22(2)10-21-15/h3-10,19-20H,1-2H3/b11-8+,19-7?. The zero-order valence-corrected chi connectivity index (χ0v) is 14.0. The first kappa shape index (κ1) is 16.0. The van der Waals surface area contributed by atoms with Gasteiger partial charge < -0.3 is 15.3 Å². The summed E-state index contributed by atoms with van der Waals surface area (Å²) < 4.78 is 3.30. The Hall–Kier alpha value is -2.86. The number of aromatic nitrogens is 3. The second-order valence-corrected chi connectivity index (χ2v) is 5.72. The van der Waals surface area contributed by atoms with E-state index >= 15 is 0 Å². The van der Waals surface area contributed by atoms with Crippen molar-refractivity contribution in [1.82, 2.24) is 19.4 Å². The monoisotopic (exact) mass is 341 g/mol. The summed E-state index contributed by atoms with van der Waals surface area (Å²) in [7, 11) is 3.59. The quantitative estimate of drug-likeness (QED) is 0.716. The van der Waals surface area contributed by atoms with Crippen LogP contribution in [0.15, 0.2) is 47.8 Å². The Kier molecular flexibility index (Phi) is 4.22. The van der Waals surface area contributed by atoms with Crippen LogP contribution in [0.1, 0.15) is 5.56 Å². The SMILES string of the molecule is CN/C=C(\C=N)c1cn(-c2ccc(Cl)cc2)c(=O)c2ncn(C)c12. The number of hydrogen-bond donors (Lipinski definition) is 2. The zero-order valence-electron chi connectivity index (χ0n) is 13.2. The summed E-state index contributed by atoms with van der Waals surface area (Å²) in [4.78, 5) is 17.0. The predicted molar refractivity (Wildman–Crippen MR) is 97.1 cm³/mol. The maximum Gasteiger partial charge on any atom is 0.283 e. The van der Waals surface area contributed by atoms with E-state index in [4.69, 9.17) is 17.0 Å². The number of aryl methyl sites for hydroxylation is 1. The lowest BCUT2D eigenvalue weighted by Gasteiger charge is -2.12. The largest absolute Gasteiger partial charge is 0.393 e. The molecule has 2 N–H and O–H groups in total. The Morgan fingerprint density at radius 1 is 1.33 bits per heavy atom. The molecule has 0 amide bonds. The summed E-state index contributed by atoms with van der Waals surface area (Å²) in [6.45, 7) is 0. The minimum absolute atomic E-state index is 0.217. The van der Waals surface area contributed by atoms with Crippen LogP contribution in [0.2, 0.25) is 5.02 Å². The number of imidazole rings is 1. The molecule has 0 saturated carbocycles. The van der Waals surface area contributed by atoms with Gasteiger partial charge in [-0.05, 0) is 24.3 Å². The van der Waals surface area contributed by atoms with Crippen molar-refractivity contribution >= 4 is 34.4 Å². The van der Waals surface area contributed by atoms with Crippen LogP contribution in [-0.4, -0.2) is 27.4 Å². The van der Waals surface area contributed by atoms with Crippen LogP contribution in [0.3, 0.4) is 0 Å². The van der Waals surface area contributed by atoms with Crippen molar-refractivity contribution < 1.29 is 0 Å². The average molecular weight is 342 g/mol. The van der Waals surface area contributed by atoms with Gasteiger partial charge in [0.2, 0.25) is 0 Å².